The van der Waals surface area contributed by atoms with Crippen LogP contribution in [0.2, 0.25) is 0 Å². The van der Waals surface area contributed by atoms with E-state index < -0.39 is 0 Å². The van der Waals surface area contributed by atoms with Crippen molar-refractivity contribution in [2.45, 2.75) is 33.4 Å². The molecule has 0 aliphatic rings. The molecule has 0 heterocycles. The molecule has 0 radical (unpaired) electrons. The first-order valence-electron chi connectivity index (χ1n) is 5.67. The number of nitrogens with one attached hydrogen (secondary N) is 1. The molecule has 3 heteroatoms. The molecule has 0 aliphatic carbocycles. The van der Waals surface area contributed by atoms with Crippen molar-refractivity contribution in [3.05, 3.63) is 33.8 Å². The maximum Gasteiger partial charge on any atom is 0.0594 e. The molecule has 90 valence electrons. The number of hydrogen-bond donors (Lipinski definition) is 1. The van der Waals surface area contributed by atoms with Crippen LogP contribution in [0, 0.1) is 6.92 Å². The van der Waals surface area contributed by atoms with Crippen molar-refractivity contribution >= 4 is 15.9 Å². The number of aryl methyl sites for hydroxylation is 1. The molecule has 0 fully saturated rings. The smallest absolute Gasteiger partial charge is 0.0594 e. The van der Waals surface area contributed by atoms with E-state index in [1.54, 1.807) is 0 Å². The maximum absolute atomic E-state index is 5.46. The van der Waals surface area contributed by atoms with E-state index >= 15 is 0 Å². The predicted octanol–water partition coefficient (Wildman–Crippen LogP) is 3.27. The number of halogens is 1. The first-order chi connectivity index (χ1) is 7.59. The molecule has 0 atom stereocenters. The van der Waals surface area contributed by atoms with Gasteiger partial charge in [-0.1, -0.05) is 22.0 Å². The standard InChI is InChI=1S/C13H20BrNO/c1-10(2)16-7-6-15-9-12-4-5-13(14)8-11(12)3/h4-5,8,10,15H,6-7,9H2,1-3H3. The normalized spacial score (nSPS) is 11.1. The second-order valence-corrected chi connectivity index (χ2v) is 5.08. The van der Waals surface area contributed by atoms with Gasteiger partial charge >= 0.3 is 0 Å². The lowest BCUT2D eigenvalue weighted by atomic mass is 10.1. The summed E-state index contributed by atoms with van der Waals surface area (Å²) in [6.45, 7) is 8.81. The van der Waals surface area contributed by atoms with Gasteiger partial charge in [0.15, 0.2) is 0 Å². The summed E-state index contributed by atoms with van der Waals surface area (Å²) in [5.74, 6) is 0. The molecular weight excluding hydrogens is 266 g/mol. The minimum atomic E-state index is 0.316. The zero-order chi connectivity index (χ0) is 12.0. The Bertz CT molecular complexity index is 326. The third-order valence-electron chi connectivity index (χ3n) is 2.35. The first-order valence-corrected chi connectivity index (χ1v) is 6.46. The monoisotopic (exact) mass is 285 g/mol. The largest absolute Gasteiger partial charge is 0.377 e. The number of rotatable bonds is 6. The van der Waals surface area contributed by atoms with E-state index in [4.69, 9.17) is 4.74 Å². The van der Waals surface area contributed by atoms with E-state index in [-0.39, 0.29) is 0 Å². The van der Waals surface area contributed by atoms with Gasteiger partial charge in [0.1, 0.15) is 0 Å². The fraction of sp³-hybridized carbons (Fsp3) is 0.538. The highest BCUT2D eigenvalue weighted by molar-refractivity contribution is 9.10. The summed E-state index contributed by atoms with van der Waals surface area (Å²) < 4.78 is 6.60. The van der Waals surface area contributed by atoms with Crippen LogP contribution in [0.4, 0.5) is 0 Å². The maximum atomic E-state index is 5.46. The molecule has 0 aromatic heterocycles. The average Bonchev–Trinajstić information content (AvgIpc) is 2.20. The van der Waals surface area contributed by atoms with Crippen LogP contribution in [-0.4, -0.2) is 19.3 Å². The van der Waals surface area contributed by atoms with Crippen molar-refractivity contribution in [3.63, 3.8) is 0 Å². The Balaban J connectivity index is 2.27. The summed E-state index contributed by atoms with van der Waals surface area (Å²) in [4.78, 5) is 0. The topological polar surface area (TPSA) is 21.3 Å². The molecule has 0 unspecified atom stereocenters. The van der Waals surface area contributed by atoms with Gasteiger partial charge in [-0.15, -0.1) is 0 Å². The van der Waals surface area contributed by atoms with Crippen molar-refractivity contribution in [2.24, 2.45) is 0 Å². The number of ether oxygens (including phenoxy) is 1. The van der Waals surface area contributed by atoms with Crippen LogP contribution in [0.25, 0.3) is 0 Å². The summed E-state index contributed by atoms with van der Waals surface area (Å²) in [6.07, 6.45) is 0.316. The molecule has 2 nitrogen and oxygen atoms in total. The van der Waals surface area contributed by atoms with Crippen LogP contribution in [0.15, 0.2) is 22.7 Å². The van der Waals surface area contributed by atoms with Crippen molar-refractivity contribution in [1.29, 1.82) is 0 Å². The molecule has 0 aliphatic heterocycles. The second-order valence-electron chi connectivity index (χ2n) is 4.17. The molecule has 1 aromatic rings. The van der Waals surface area contributed by atoms with Crippen LogP contribution in [0.3, 0.4) is 0 Å². The lowest BCUT2D eigenvalue weighted by Crippen LogP contribution is -2.21. The van der Waals surface area contributed by atoms with E-state index in [9.17, 15) is 0 Å². The zero-order valence-electron chi connectivity index (χ0n) is 10.2. The Morgan fingerprint density at radius 3 is 2.75 bits per heavy atom. The highest BCUT2D eigenvalue weighted by Crippen LogP contribution is 2.15. The molecule has 1 N–H and O–H groups in total. The van der Waals surface area contributed by atoms with Gasteiger partial charge in [0.2, 0.25) is 0 Å². The Morgan fingerprint density at radius 2 is 2.12 bits per heavy atom. The quantitative estimate of drug-likeness (QED) is 0.810. The Kier molecular flexibility index (Phi) is 6.03. The van der Waals surface area contributed by atoms with Crippen molar-refractivity contribution in [1.82, 2.24) is 5.32 Å². The van der Waals surface area contributed by atoms with Gasteiger partial charge in [0.05, 0.1) is 12.7 Å². The van der Waals surface area contributed by atoms with Crippen LogP contribution in [0.1, 0.15) is 25.0 Å². The fourth-order valence-corrected chi connectivity index (χ4v) is 1.92. The predicted molar refractivity (Wildman–Crippen MR) is 71.7 cm³/mol. The summed E-state index contributed by atoms with van der Waals surface area (Å²) in [6, 6.07) is 6.37. The third kappa shape index (κ3) is 5.10. The summed E-state index contributed by atoms with van der Waals surface area (Å²) in [5, 5.41) is 3.38. The number of hydrogen-bond acceptors (Lipinski definition) is 2. The van der Waals surface area contributed by atoms with Gasteiger partial charge in [-0.2, -0.15) is 0 Å². The summed E-state index contributed by atoms with van der Waals surface area (Å²) >= 11 is 3.46. The summed E-state index contributed by atoms with van der Waals surface area (Å²) in [7, 11) is 0. The molecule has 1 aromatic carbocycles. The average molecular weight is 286 g/mol. The van der Waals surface area contributed by atoms with E-state index in [2.05, 4.69) is 60.2 Å². The van der Waals surface area contributed by atoms with Crippen LogP contribution in [0.5, 0.6) is 0 Å². The lowest BCUT2D eigenvalue weighted by Gasteiger charge is -2.10. The molecular formula is C13H20BrNO. The third-order valence-corrected chi connectivity index (χ3v) is 2.84. The van der Waals surface area contributed by atoms with Gasteiger partial charge in [-0.25, -0.2) is 0 Å². The molecule has 16 heavy (non-hydrogen) atoms. The molecule has 0 spiro atoms. The van der Waals surface area contributed by atoms with Crippen LogP contribution in [-0.2, 0) is 11.3 Å². The minimum absolute atomic E-state index is 0.316. The highest BCUT2D eigenvalue weighted by Gasteiger charge is 1.98. The van der Waals surface area contributed by atoms with E-state index in [0.29, 0.717) is 6.10 Å². The van der Waals surface area contributed by atoms with E-state index in [1.807, 2.05) is 0 Å². The molecule has 0 saturated heterocycles. The first kappa shape index (κ1) is 13.7. The van der Waals surface area contributed by atoms with Crippen molar-refractivity contribution in [2.75, 3.05) is 13.2 Å². The lowest BCUT2D eigenvalue weighted by molar-refractivity contribution is 0.0807. The Labute approximate surface area is 107 Å². The van der Waals surface area contributed by atoms with Gasteiger partial charge in [-0.05, 0) is 44.0 Å². The van der Waals surface area contributed by atoms with Gasteiger partial charge < -0.3 is 10.1 Å². The number of benzene rings is 1. The van der Waals surface area contributed by atoms with Gasteiger partial charge in [0.25, 0.3) is 0 Å². The zero-order valence-corrected chi connectivity index (χ0v) is 11.8. The molecule has 0 saturated carbocycles. The van der Waals surface area contributed by atoms with Gasteiger partial charge in [0, 0.05) is 17.6 Å². The van der Waals surface area contributed by atoms with Crippen LogP contribution < -0.4 is 5.32 Å². The second kappa shape index (κ2) is 7.05. The highest BCUT2D eigenvalue weighted by atomic mass is 79.9. The molecule has 1 rings (SSSR count). The SMILES string of the molecule is Cc1cc(Br)ccc1CNCCOC(C)C. The Morgan fingerprint density at radius 1 is 1.38 bits per heavy atom. The van der Waals surface area contributed by atoms with Crippen molar-refractivity contribution in [3.8, 4) is 0 Å². The fourth-order valence-electron chi connectivity index (χ4n) is 1.45. The van der Waals surface area contributed by atoms with Crippen molar-refractivity contribution < 1.29 is 4.74 Å². The summed E-state index contributed by atoms with van der Waals surface area (Å²) in [5.41, 5.74) is 2.65. The van der Waals surface area contributed by atoms with E-state index in [1.165, 1.54) is 11.1 Å². The van der Waals surface area contributed by atoms with Crippen LogP contribution >= 0.6 is 15.9 Å². The Hall–Kier alpha value is -0.380. The van der Waals surface area contributed by atoms with E-state index in [0.717, 1.165) is 24.2 Å². The molecule has 0 amide bonds. The minimum Gasteiger partial charge on any atom is -0.377 e. The van der Waals surface area contributed by atoms with Gasteiger partial charge in [-0.3, -0.25) is 0 Å². The molecule has 0 bridgehead atoms.